The van der Waals surface area contributed by atoms with E-state index in [0.29, 0.717) is 30.9 Å². The summed E-state index contributed by atoms with van der Waals surface area (Å²) in [4.78, 5) is 11.4. The van der Waals surface area contributed by atoms with Gasteiger partial charge in [0.2, 0.25) is 0 Å². The highest BCUT2D eigenvalue weighted by Crippen LogP contribution is 2.38. The molecule has 1 aliphatic carbocycles. The number of hydrogen-bond donors (Lipinski definition) is 1. The Hall–Kier alpha value is -0.870. The maximum Gasteiger partial charge on any atom is 0.334 e. The second kappa shape index (κ2) is 5.65. The lowest BCUT2D eigenvalue weighted by molar-refractivity contribution is -0.138. The van der Waals surface area contributed by atoms with Gasteiger partial charge in [-0.3, -0.25) is 0 Å². The molecule has 1 aliphatic heterocycles. The van der Waals surface area contributed by atoms with E-state index in [0.717, 1.165) is 18.9 Å². The van der Waals surface area contributed by atoms with E-state index in [1.54, 1.807) is 6.92 Å². The highest BCUT2D eigenvalue weighted by atomic mass is 16.5. The van der Waals surface area contributed by atoms with Gasteiger partial charge in [0, 0.05) is 24.8 Å². The quantitative estimate of drug-likeness (QED) is 0.560. The Morgan fingerprint density at radius 3 is 2.88 bits per heavy atom. The van der Waals surface area contributed by atoms with E-state index >= 15 is 0 Å². The number of carbonyl (C=O) groups excluding carboxylic acids is 1. The van der Waals surface area contributed by atoms with Crippen molar-refractivity contribution in [1.29, 1.82) is 0 Å². The van der Waals surface area contributed by atoms with Gasteiger partial charge < -0.3 is 14.8 Å². The summed E-state index contributed by atoms with van der Waals surface area (Å²) in [5, 5.41) is 3.37. The molecule has 1 N–H and O–H groups in total. The van der Waals surface area contributed by atoms with Crippen LogP contribution in [0, 0.1) is 5.92 Å². The van der Waals surface area contributed by atoms with Crippen molar-refractivity contribution < 1.29 is 14.3 Å². The van der Waals surface area contributed by atoms with Crippen LogP contribution in [0.1, 0.15) is 26.2 Å². The zero-order chi connectivity index (χ0) is 12.3. The summed E-state index contributed by atoms with van der Waals surface area (Å²) in [6, 6.07) is 0.369. The third-order valence-corrected chi connectivity index (χ3v) is 3.36. The van der Waals surface area contributed by atoms with Crippen LogP contribution < -0.4 is 5.32 Å². The molecule has 0 radical (unpaired) electrons. The van der Waals surface area contributed by atoms with Crippen molar-refractivity contribution in [3.8, 4) is 0 Å². The SMILES string of the molecule is C=C(CNC1CCOC1C1CC1)C(=O)OCC. The molecule has 2 rings (SSSR count). The lowest BCUT2D eigenvalue weighted by Gasteiger charge is -2.19. The van der Waals surface area contributed by atoms with E-state index in [-0.39, 0.29) is 5.97 Å². The Labute approximate surface area is 102 Å². The Balaban J connectivity index is 1.73. The normalized spacial score (nSPS) is 28.1. The van der Waals surface area contributed by atoms with Gasteiger partial charge in [-0.05, 0) is 32.1 Å². The van der Waals surface area contributed by atoms with Crippen LogP contribution in [0.4, 0.5) is 0 Å². The van der Waals surface area contributed by atoms with Gasteiger partial charge in [-0.15, -0.1) is 0 Å². The first-order valence-electron chi connectivity index (χ1n) is 6.42. The fraction of sp³-hybridized carbons (Fsp3) is 0.769. The summed E-state index contributed by atoms with van der Waals surface area (Å²) in [6.45, 7) is 7.26. The molecular formula is C13H21NO3. The smallest absolute Gasteiger partial charge is 0.334 e. The Kier molecular flexibility index (Phi) is 4.18. The van der Waals surface area contributed by atoms with E-state index in [9.17, 15) is 4.79 Å². The third-order valence-electron chi connectivity index (χ3n) is 3.36. The number of carbonyl (C=O) groups is 1. The molecule has 1 saturated carbocycles. The summed E-state index contributed by atoms with van der Waals surface area (Å²) < 4.78 is 10.6. The minimum atomic E-state index is -0.304. The minimum Gasteiger partial charge on any atom is -0.463 e. The molecule has 1 heterocycles. The van der Waals surface area contributed by atoms with Crippen LogP contribution in [0.25, 0.3) is 0 Å². The molecule has 2 unspecified atom stereocenters. The van der Waals surface area contributed by atoms with Crippen LogP contribution >= 0.6 is 0 Å². The number of rotatable bonds is 6. The lowest BCUT2D eigenvalue weighted by atomic mass is 10.1. The number of hydrogen-bond acceptors (Lipinski definition) is 4. The molecular weight excluding hydrogens is 218 g/mol. The number of ether oxygens (including phenoxy) is 2. The van der Waals surface area contributed by atoms with Crippen molar-refractivity contribution in [2.45, 2.75) is 38.3 Å². The summed E-state index contributed by atoms with van der Waals surface area (Å²) >= 11 is 0. The summed E-state index contributed by atoms with van der Waals surface area (Å²) in [7, 11) is 0. The predicted molar refractivity (Wildman–Crippen MR) is 64.6 cm³/mol. The third kappa shape index (κ3) is 3.30. The molecule has 4 heteroatoms. The number of nitrogens with one attached hydrogen (secondary N) is 1. The second-order valence-corrected chi connectivity index (χ2v) is 4.77. The van der Waals surface area contributed by atoms with Crippen LogP contribution in [0.15, 0.2) is 12.2 Å². The summed E-state index contributed by atoms with van der Waals surface area (Å²) in [6.07, 6.45) is 3.92. The molecule has 0 aromatic carbocycles. The van der Waals surface area contributed by atoms with Crippen molar-refractivity contribution in [1.82, 2.24) is 5.32 Å². The van der Waals surface area contributed by atoms with E-state index in [1.165, 1.54) is 12.8 Å². The highest BCUT2D eigenvalue weighted by molar-refractivity contribution is 5.88. The topological polar surface area (TPSA) is 47.6 Å². The van der Waals surface area contributed by atoms with Gasteiger partial charge in [-0.25, -0.2) is 4.79 Å². The first-order valence-corrected chi connectivity index (χ1v) is 6.42. The van der Waals surface area contributed by atoms with Crippen molar-refractivity contribution in [3.05, 3.63) is 12.2 Å². The molecule has 0 aromatic rings. The number of esters is 1. The maximum absolute atomic E-state index is 11.4. The average Bonchev–Trinajstić information content (AvgIpc) is 3.06. The van der Waals surface area contributed by atoms with Gasteiger partial charge in [0.25, 0.3) is 0 Å². The molecule has 0 bridgehead atoms. The van der Waals surface area contributed by atoms with Gasteiger partial charge in [-0.1, -0.05) is 6.58 Å². The average molecular weight is 239 g/mol. The molecule has 0 aromatic heterocycles. The predicted octanol–water partition coefficient (Wildman–Crippen LogP) is 1.26. The van der Waals surface area contributed by atoms with E-state index in [4.69, 9.17) is 9.47 Å². The lowest BCUT2D eigenvalue weighted by Crippen LogP contribution is -2.39. The molecule has 1 saturated heterocycles. The van der Waals surface area contributed by atoms with Gasteiger partial charge in [-0.2, -0.15) is 0 Å². The molecule has 4 nitrogen and oxygen atoms in total. The van der Waals surface area contributed by atoms with Gasteiger partial charge in [0.15, 0.2) is 0 Å². The summed E-state index contributed by atoms with van der Waals surface area (Å²) in [5.74, 6) is 0.424. The van der Waals surface area contributed by atoms with Crippen LogP contribution in [0.2, 0.25) is 0 Å². The first kappa shape index (κ1) is 12.6. The monoisotopic (exact) mass is 239 g/mol. The maximum atomic E-state index is 11.4. The second-order valence-electron chi connectivity index (χ2n) is 4.77. The largest absolute Gasteiger partial charge is 0.463 e. The standard InChI is InChI=1S/C13H21NO3/c1-3-16-13(15)9(2)8-14-11-6-7-17-12(11)10-4-5-10/h10-12,14H,2-8H2,1H3. The van der Waals surface area contributed by atoms with Crippen LogP contribution in [-0.4, -0.2) is 37.9 Å². The molecule has 2 atom stereocenters. The van der Waals surface area contributed by atoms with Crippen molar-refractivity contribution in [2.75, 3.05) is 19.8 Å². The van der Waals surface area contributed by atoms with Crippen molar-refractivity contribution >= 4 is 5.97 Å². The summed E-state index contributed by atoms with van der Waals surface area (Å²) in [5.41, 5.74) is 0.494. The van der Waals surface area contributed by atoms with Crippen molar-refractivity contribution in [3.63, 3.8) is 0 Å². The van der Waals surface area contributed by atoms with Gasteiger partial charge in [0.05, 0.1) is 12.7 Å². The van der Waals surface area contributed by atoms with E-state index in [2.05, 4.69) is 11.9 Å². The Morgan fingerprint density at radius 2 is 2.24 bits per heavy atom. The van der Waals surface area contributed by atoms with Crippen LogP contribution in [0.5, 0.6) is 0 Å². The van der Waals surface area contributed by atoms with Crippen molar-refractivity contribution in [2.24, 2.45) is 5.92 Å². The minimum absolute atomic E-state index is 0.304. The molecule has 2 fully saturated rings. The molecule has 0 spiro atoms. The van der Waals surface area contributed by atoms with Crippen LogP contribution in [0.3, 0.4) is 0 Å². The van der Waals surface area contributed by atoms with Gasteiger partial charge >= 0.3 is 5.97 Å². The Bertz CT molecular complexity index is 299. The fourth-order valence-corrected chi connectivity index (χ4v) is 2.28. The zero-order valence-electron chi connectivity index (χ0n) is 10.4. The van der Waals surface area contributed by atoms with E-state index in [1.807, 2.05) is 0 Å². The Morgan fingerprint density at radius 1 is 1.47 bits per heavy atom. The zero-order valence-corrected chi connectivity index (χ0v) is 10.4. The first-order chi connectivity index (χ1) is 8.22. The van der Waals surface area contributed by atoms with E-state index < -0.39 is 0 Å². The molecule has 17 heavy (non-hydrogen) atoms. The molecule has 96 valence electrons. The highest BCUT2D eigenvalue weighted by Gasteiger charge is 2.40. The molecule has 0 amide bonds. The van der Waals surface area contributed by atoms with Gasteiger partial charge in [0.1, 0.15) is 0 Å². The van der Waals surface area contributed by atoms with Crippen LogP contribution in [-0.2, 0) is 14.3 Å². The fourth-order valence-electron chi connectivity index (χ4n) is 2.28. The molecule has 2 aliphatic rings.